The van der Waals surface area contributed by atoms with Crippen LogP contribution in [0.4, 0.5) is 0 Å². The van der Waals surface area contributed by atoms with Gasteiger partial charge in [0.15, 0.2) is 0 Å². The molecule has 3 heterocycles. The van der Waals surface area contributed by atoms with Gasteiger partial charge in [0.1, 0.15) is 0 Å². The molecule has 0 saturated carbocycles. The average molecular weight is 408 g/mol. The zero-order valence-electron chi connectivity index (χ0n) is 16.9. The third kappa shape index (κ3) is 6.13. The highest BCUT2D eigenvalue weighted by atomic mass is 16.5. The number of hydrogen-bond donors (Lipinski definition) is 2. The predicted molar refractivity (Wildman–Crippen MR) is 105 cm³/mol. The number of morpholine rings is 1. The zero-order chi connectivity index (χ0) is 21.6. The predicted octanol–water partition coefficient (Wildman–Crippen LogP) is -0.864. The highest BCUT2D eigenvalue weighted by molar-refractivity contribution is 5.94. The molecule has 0 aliphatic carbocycles. The second-order valence-electron chi connectivity index (χ2n) is 7.43. The van der Waals surface area contributed by atoms with E-state index in [1.54, 1.807) is 38.3 Å². The molecule has 2 aliphatic rings. The van der Waals surface area contributed by atoms with Gasteiger partial charge < -0.3 is 24.6 Å². The summed E-state index contributed by atoms with van der Waals surface area (Å²) >= 11 is 0. The summed E-state index contributed by atoms with van der Waals surface area (Å²) in [6, 6.07) is 3.27. The number of pyridine rings is 1. The molecule has 29 heavy (non-hydrogen) atoms. The van der Waals surface area contributed by atoms with E-state index < -0.39 is 0 Å². The Hall–Kier alpha value is -2.72. The monoisotopic (exact) mass is 408 g/mol. The molecule has 0 unspecified atom stereocenters. The van der Waals surface area contributed by atoms with Crippen LogP contribution in [0.5, 0.6) is 0 Å². The minimum atomic E-state index is -0.250. The molecule has 160 valence electrons. The van der Waals surface area contributed by atoms with Crippen LogP contribution < -0.4 is 10.9 Å². The molecule has 2 saturated heterocycles. The van der Waals surface area contributed by atoms with Gasteiger partial charge in [0.05, 0.1) is 19.1 Å². The Morgan fingerprint density at radius 2 is 2.07 bits per heavy atom. The molecule has 2 amide bonds. The van der Waals surface area contributed by atoms with Crippen LogP contribution in [0, 0.1) is 0 Å². The Morgan fingerprint density at radius 1 is 1.38 bits per heavy atom. The van der Waals surface area contributed by atoms with E-state index in [1.807, 2.05) is 0 Å². The lowest BCUT2D eigenvalue weighted by molar-refractivity contribution is -0.134. The number of aromatic nitrogens is 1. The number of aryl methyl sites for hydroxylation is 1. The number of carbonyl (C=O) groups is 3. The molecule has 10 heteroatoms. The number of fused-ring (bicyclic) bond motifs is 1. The van der Waals surface area contributed by atoms with Crippen LogP contribution >= 0.6 is 0 Å². The lowest BCUT2D eigenvalue weighted by Gasteiger charge is -2.35. The van der Waals surface area contributed by atoms with E-state index in [-0.39, 0.29) is 42.0 Å². The van der Waals surface area contributed by atoms with E-state index in [0.29, 0.717) is 25.1 Å². The summed E-state index contributed by atoms with van der Waals surface area (Å²) in [7, 11) is 5.13. The van der Waals surface area contributed by atoms with E-state index in [2.05, 4.69) is 10.2 Å². The summed E-state index contributed by atoms with van der Waals surface area (Å²) in [6.07, 6.45) is 2.67. The van der Waals surface area contributed by atoms with Crippen molar-refractivity contribution in [3.63, 3.8) is 0 Å². The van der Waals surface area contributed by atoms with Gasteiger partial charge in [0, 0.05) is 64.1 Å². The van der Waals surface area contributed by atoms with Gasteiger partial charge >= 0.3 is 0 Å². The average Bonchev–Trinajstić information content (AvgIpc) is 3.05. The number of nitrogens with zero attached hydrogens (tertiary/aromatic N) is 3. The molecule has 0 bridgehead atoms. The smallest absolute Gasteiger partial charge is 0.290 e. The van der Waals surface area contributed by atoms with Gasteiger partial charge in [-0.3, -0.25) is 24.1 Å². The quantitative estimate of drug-likeness (QED) is 0.622. The molecule has 1 aromatic rings. The molecule has 0 radical (unpaired) electrons. The first-order chi connectivity index (χ1) is 13.7. The van der Waals surface area contributed by atoms with Crippen LogP contribution in [0.3, 0.4) is 0 Å². The lowest BCUT2D eigenvalue weighted by Crippen LogP contribution is -2.47. The van der Waals surface area contributed by atoms with E-state index >= 15 is 0 Å². The van der Waals surface area contributed by atoms with Crippen molar-refractivity contribution < 1.29 is 24.2 Å². The van der Waals surface area contributed by atoms with Crippen LogP contribution in [0.1, 0.15) is 23.2 Å². The Kier molecular flexibility index (Phi) is 7.91. The summed E-state index contributed by atoms with van der Waals surface area (Å²) in [6.45, 7) is 1.75. The topological polar surface area (TPSA) is 121 Å². The third-order valence-electron chi connectivity index (χ3n) is 5.09. The van der Waals surface area contributed by atoms with Crippen LogP contribution in [0.25, 0.3) is 0 Å². The molecule has 2 aliphatic heterocycles. The molecule has 2 fully saturated rings. The first-order valence-electron chi connectivity index (χ1n) is 9.36. The van der Waals surface area contributed by atoms with E-state index in [1.165, 1.54) is 10.6 Å². The Morgan fingerprint density at radius 3 is 2.69 bits per heavy atom. The lowest BCUT2D eigenvalue weighted by atomic mass is 10.1. The van der Waals surface area contributed by atoms with Gasteiger partial charge in [-0.15, -0.1) is 0 Å². The maximum atomic E-state index is 12.4. The van der Waals surface area contributed by atoms with Crippen molar-refractivity contribution >= 4 is 18.3 Å². The second-order valence-corrected chi connectivity index (χ2v) is 7.43. The Labute approximate surface area is 169 Å². The summed E-state index contributed by atoms with van der Waals surface area (Å²) in [4.78, 5) is 48.2. The molecule has 3 rings (SSSR count). The fourth-order valence-electron chi connectivity index (χ4n) is 3.51. The maximum absolute atomic E-state index is 12.4. The van der Waals surface area contributed by atoms with Crippen molar-refractivity contribution in [3.8, 4) is 0 Å². The number of amides is 2. The number of hydrogen-bond acceptors (Lipinski definition) is 6. The van der Waals surface area contributed by atoms with Crippen molar-refractivity contribution in [2.75, 3.05) is 33.8 Å². The fraction of sp³-hybridized carbons (Fsp3) is 0.579. The summed E-state index contributed by atoms with van der Waals surface area (Å²) in [5.41, 5.74) is 0.173. The van der Waals surface area contributed by atoms with Crippen molar-refractivity contribution in [3.05, 3.63) is 34.2 Å². The summed E-state index contributed by atoms with van der Waals surface area (Å²) in [5.74, 6) is -0.170. The number of carbonyl (C=O) groups excluding carboxylic acids is 2. The molecule has 3 atom stereocenters. The van der Waals surface area contributed by atoms with Crippen LogP contribution in [0.15, 0.2) is 23.1 Å². The molecule has 10 nitrogen and oxygen atoms in total. The Balaban J connectivity index is 0.000000941. The maximum Gasteiger partial charge on any atom is 0.290 e. The van der Waals surface area contributed by atoms with Gasteiger partial charge in [-0.25, -0.2) is 0 Å². The molecule has 2 N–H and O–H groups in total. The van der Waals surface area contributed by atoms with Crippen molar-refractivity contribution in [2.24, 2.45) is 7.05 Å². The van der Waals surface area contributed by atoms with Gasteiger partial charge in [0.2, 0.25) is 5.91 Å². The second kappa shape index (κ2) is 10.2. The van der Waals surface area contributed by atoms with Crippen LogP contribution in [0.2, 0.25) is 0 Å². The first kappa shape index (κ1) is 22.6. The molecule has 0 aromatic carbocycles. The summed E-state index contributed by atoms with van der Waals surface area (Å²) in [5, 5.41) is 9.90. The summed E-state index contributed by atoms with van der Waals surface area (Å²) < 4.78 is 7.26. The van der Waals surface area contributed by atoms with E-state index in [0.717, 1.165) is 13.0 Å². The fourth-order valence-corrected chi connectivity index (χ4v) is 3.51. The molecule has 0 spiro atoms. The van der Waals surface area contributed by atoms with Gasteiger partial charge in [0.25, 0.3) is 17.9 Å². The van der Waals surface area contributed by atoms with E-state index in [4.69, 9.17) is 14.6 Å². The highest BCUT2D eigenvalue weighted by Crippen LogP contribution is 2.24. The number of carboxylic acid groups (broad SMARTS) is 1. The Bertz CT molecular complexity index is 793. The van der Waals surface area contributed by atoms with Crippen LogP contribution in [-0.2, 0) is 21.4 Å². The highest BCUT2D eigenvalue weighted by Gasteiger charge is 2.38. The van der Waals surface area contributed by atoms with Crippen molar-refractivity contribution in [1.29, 1.82) is 0 Å². The molecule has 1 aromatic heterocycles. The minimum absolute atomic E-state index is 0.0171. The van der Waals surface area contributed by atoms with Crippen LogP contribution in [-0.4, -0.2) is 89.7 Å². The SMILES string of the molecule is CN(C)C(=O)C[C@H]1CN2C[C@H](NC(=O)c3ccn(C)c(=O)c3)C[C@H]2CO1.O=CO. The zero-order valence-corrected chi connectivity index (χ0v) is 16.9. The minimum Gasteiger partial charge on any atom is -0.483 e. The van der Waals surface area contributed by atoms with Gasteiger partial charge in [-0.05, 0) is 12.5 Å². The van der Waals surface area contributed by atoms with Crippen molar-refractivity contribution in [1.82, 2.24) is 19.7 Å². The molecular formula is C19H28N4O6. The van der Waals surface area contributed by atoms with Gasteiger partial charge in [-0.2, -0.15) is 0 Å². The normalized spacial score (nSPS) is 23.3. The molecular weight excluding hydrogens is 380 g/mol. The first-order valence-corrected chi connectivity index (χ1v) is 9.36. The van der Waals surface area contributed by atoms with E-state index in [9.17, 15) is 14.4 Å². The van der Waals surface area contributed by atoms with Gasteiger partial charge in [-0.1, -0.05) is 0 Å². The standard InChI is InChI=1S/C18H26N4O4.CH2O2/c1-20(2)16(23)8-15-10-22-9-13(7-14(22)11-26-15)19-18(25)12-4-5-21(3)17(24)6-12;2-1-3/h4-6,13-15H,7-11H2,1-3H3,(H,19,25);1H,(H,2,3)/t13-,14+,15+;/m1./s1. The van der Waals surface area contributed by atoms with Crippen molar-refractivity contribution in [2.45, 2.75) is 31.0 Å². The number of nitrogens with one attached hydrogen (secondary N) is 1. The third-order valence-corrected chi connectivity index (χ3v) is 5.09. The number of rotatable bonds is 4. The number of ether oxygens (including phenoxy) is 1. The largest absolute Gasteiger partial charge is 0.483 e.